The second-order valence-electron chi connectivity index (χ2n) is 3.91. The maximum atomic E-state index is 10.3. The van der Waals surface area contributed by atoms with Gasteiger partial charge in [-0.15, -0.1) is 0 Å². The summed E-state index contributed by atoms with van der Waals surface area (Å²) in [5.41, 5.74) is 0. The Morgan fingerprint density at radius 3 is 2.71 bits per heavy atom. The Labute approximate surface area is 89.6 Å². The average molecular weight is 217 g/mol. The van der Waals surface area contributed by atoms with E-state index in [9.17, 15) is 4.79 Å². The fourth-order valence-corrected chi connectivity index (χ4v) is 2.65. The van der Waals surface area contributed by atoms with Gasteiger partial charge in [-0.25, -0.2) is 0 Å². The number of hydrogen-bond acceptors (Lipinski definition) is 3. The molecule has 0 aromatic carbocycles. The molecule has 0 atom stereocenters. The number of thioether (sulfide) groups is 1. The predicted molar refractivity (Wildman–Crippen MR) is 59.8 cm³/mol. The summed E-state index contributed by atoms with van der Waals surface area (Å²) in [5, 5.41) is 11.8. The molecule has 0 bridgehead atoms. The zero-order valence-electron chi connectivity index (χ0n) is 8.71. The van der Waals surface area contributed by atoms with E-state index in [1.807, 2.05) is 11.8 Å². The van der Waals surface area contributed by atoms with Gasteiger partial charge in [0.1, 0.15) is 0 Å². The Balaban J connectivity index is 2.00. The second-order valence-corrected chi connectivity index (χ2v) is 5.19. The maximum Gasteiger partial charge on any atom is 0.303 e. The molecular formula is C10H19NO2S. The van der Waals surface area contributed by atoms with Gasteiger partial charge in [-0.1, -0.05) is 6.42 Å². The molecule has 14 heavy (non-hydrogen) atoms. The number of carboxylic acid groups (broad SMARTS) is 1. The zero-order chi connectivity index (χ0) is 10.4. The highest BCUT2D eigenvalue weighted by Gasteiger charge is 2.35. The van der Waals surface area contributed by atoms with Crippen LogP contribution in [0.1, 0.15) is 32.1 Å². The summed E-state index contributed by atoms with van der Waals surface area (Å²) < 4.78 is 0.462. The van der Waals surface area contributed by atoms with Crippen LogP contribution in [-0.4, -0.2) is 35.2 Å². The average Bonchev–Trinajstić information content (AvgIpc) is 2.08. The lowest BCUT2D eigenvalue weighted by Gasteiger charge is -2.40. The van der Waals surface area contributed by atoms with E-state index in [1.54, 1.807) is 0 Å². The van der Waals surface area contributed by atoms with Gasteiger partial charge in [-0.2, -0.15) is 11.8 Å². The van der Waals surface area contributed by atoms with E-state index in [0.717, 1.165) is 19.5 Å². The van der Waals surface area contributed by atoms with Crippen LogP contribution in [0.15, 0.2) is 0 Å². The van der Waals surface area contributed by atoms with E-state index >= 15 is 0 Å². The molecular weight excluding hydrogens is 198 g/mol. The molecule has 1 aliphatic carbocycles. The number of rotatable bonds is 7. The second kappa shape index (κ2) is 5.61. The summed E-state index contributed by atoms with van der Waals surface area (Å²) >= 11 is 1.94. The summed E-state index contributed by atoms with van der Waals surface area (Å²) in [6, 6.07) is 0. The predicted octanol–water partition coefficient (Wildman–Crippen LogP) is 1.73. The summed E-state index contributed by atoms with van der Waals surface area (Å²) in [6.07, 6.45) is 7.13. The van der Waals surface area contributed by atoms with E-state index < -0.39 is 5.97 Å². The van der Waals surface area contributed by atoms with Crippen LogP contribution in [0.3, 0.4) is 0 Å². The number of nitrogens with one attached hydrogen (secondary N) is 1. The molecule has 0 aromatic heterocycles. The van der Waals surface area contributed by atoms with Crippen molar-refractivity contribution >= 4 is 17.7 Å². The standard InChI is InChI=1S/C10H19NO2S/c1-14-10(5-3-6-10)8-11-7-2-4-9(12)13/h11H,2-8H2,1H3,(H,12,13). The van der Waals surface area contributed by atoms with Crippen molar-refractivity contribution in [3.8, 4) is 0 Å². The Hall–Kier alpha value is -0.220. The summed E-state index contributed by atoms with van der Waals surface area (Å²) in [5.74, 6) is -0.699. The molecule has 1 rings (SSSR count). The van der Waals surface area contributed by atoms with E-state index in [-0.39, 0.29) is 6.42 Å². The lowest BCUT2D eigenvalue weighted by molar-refractivity contribution is -0.137. The molecule has 0 saturated heterocycles. The van der Waals surface area contributed by atoms with Crippen LogP contribution in [0.2, 0.25) is 0 Å². The number of carboxylic acids is 1. The fraction of sp³-hybridized carbons (Fsp3) is 0.900. The van der Waals surface area contributed by atoms with Gasteiger partial charge in [0.2, 0.25) is 0 Å². The smallest absolute Gasteiger partial charge is 0.303 e. The fourth-order valence-electron chi connectivity index (χ4n) is 1.70. The van der Waals surface area contributed by atoms with Crippen LogP contribution < -0.4 is 5.32 Å². The quantitative estimate of drug-likeness (QED) is 0.638. The number of carbonyl (C=O) groups is 1. The highest BCUT2D eigenvalue weighted by atomic mass is 32.2. The van der Waals surface area contributed by atoms with Gasteiger partial charge in [0.05, 0.1) is 0 Å². The molecule has 0 heterocycles. The van der Waals surface area contributed by atoms with Crippen LogP contribution >= 0.6 is 11.8 Å². The minimum atomic E-state index is -0.699. The highest BCUT2D eigenvalue weighted by Crippen LogP contribution is 2.42. The van der Waals surface area contributed by atoms with Gasteiger partial charge < -0.3 is 10.4 Å². The molecule has 1 fully saturated rings. The molecule has 0 aliphatic heterocycles. The number of hydrogen-bond donors (Lipinski definition) is 2. The first kappa shape index (κ1) is 11.9. The number of aliphatic carboxylic acids is 1. The summed E-state index contributed by atoms with van der Waals surface area (Å²) in [6.45, 7) is 1.86. The van der Waals surface area contributed by atoms with E-state index in [2.05, 4.69) is 11.6 Å². The third-order valence-corrected chi connectivity index (χ3v) is 4.31. The first-order chi connectivity index (χ1) is 6.68. The monoisotopic (exact) mass is 217 g/mol. The third kappa shape index (κ3) is 3.50. The van der Waals surface area contributed by atoms with Crippen molar-refractivity contribution in [2.24, 2.45) is 0 Å². The zero-order valence-corrected chi connectivity index (χ0v) is 9.53. The molecule has 2 N–H and O–H groups in total. The van der Waals surface area contributed by atoms with Gasteiger partial charge in [0.15, 0.2) is 0 Å². The van der Waals surface area contributed by atoms with Gasteiger partial charge in [0.25, 0.3) is 0 Å². The van der Waals surface area contributed by atoms with Crippen molar-refractivity contribution < 1.29 is 9.90 Å². The first-order valence-corrected chi connectivity index (χ1v) is 6.39. The van der Waals surface area contributed by atoms with Crippen LogP contribution in [0.5, 0.6) is 0 Å². The highest BCUT2D eigenvalue weighted by molar-refractivity contribution is 8.00. The molecule has 4 heteroatoms. The van der Waals surface area contributed by atoms with E-state index in [1.165, 1.54) is 19.3 Å². The molecule has 0 unspecified atom stereocenters. The molecule has 0 aromatic rings. The van der Waals surface area contributed by atoms with Crippen molar-refractivity contribution in [1.82, 2.24) is 5.32 Å². The Kier molecular flexibility index (Phi) is 4.75. The van der Waals surface area contributed by atoms with Gasteiger partial charge >= 0.3 is 5.97 Å². The molecule has 0 spiro atoms. The van der Waals surface area contributed by atoms with Crippen molar-refractivity contribution in [3.05, 3.63) is 0 Å². The van der Waals surface area contributed by atoms with Crippen molar-refractivity contribution in [2.45, 2.75) is 36.9 Å². The van der Waals surface area contributed by atoms with Gasteiger partial charge in [-0.3, -0.25) is 4.79 Å². The van der Waals surface area contributed by atoms with Gasteiger partial charge in [-0.05, 0) is 32.1 Å². The minimum Gasteiger partial charge on any atom is -0.481 e. The maximum absolute atomic E-state index is 10.3. The molecule has 0 amide bonds. The normalized spacial score (nSPS) is 18.9. The lowest BCUT2D eigenvalue weighted by Crippen LogP contribution is -2.43. The van der Waals surface area contributed by atoms with Gasteiger partial charge in [0, 0.05) is 17.7 Å². The Morgan fingerprint density at radius 2 is 2.29 bits per heavy atom. The van der Waals surface area contributed by atoms with Crippen molar-refractivity contribution in [3.63, 3.8) is 0 Å². The van der Waals surface area contributed by atoms with Crippen LogP contribution in [0.4, 0.5) is 0 Å². The van der Waals surface area contributed by atoms with Crippen LogP contribution in [-0.2, 0) is 4.79 Å². The summed E-state index contributed by atoms with van der Waals surface area (Å²) in [4.78, 5) is 10.3. The Morgan fingerprint density at radius 1 is 1.57 bits per heavy atom. The van der Waals surface area contributed by atoms with Crippen LogP contribution in [0, 0.1) is 0 Å². The summed E-state index contributed by atoms with van der Waals surface area (Å²) in [7, 11) is 0. The van der Waals surface area contributed by atoms with E-state index in [0.29, 0.717) is 4.75 Å². The lowest BCUT2D eigenvalue weighted by atomic mass is 9.84. The van der Waals surface area contributed by atoms with Crippen molar-refractivity contribution in [2.75, 3.05) is 19.3 Å². The van der Waals surface area contributed by atoms with Crippen LogP contribution in [0.25, 0.3) is 0 Å². The van der Waals surface area contributed by atoms with Crippen molar-refractivity contribution in [1.29, 1.82) is 0 Å². The molecule has 0 radical (unpaired) electrons. The van der Waals surface area contributed by atoms with E-state index in [4.69, 9.17) is 5.11 Å². The largest absolute Gasteiger partial charge is 0.481 e. The molecule has 1 saturated carbocycles. The molecule has 3 nitrogen and oxygen atoms in total. The molecule has 1 aliphatic rings. The topological polar surface area (TPSA) is 49.3 Å². The first-order valence-electron chi connectivity index (χ1n) is 5.16. The minimum absolute atomic E-state index is 0.277. The third-order valence-electron chi connectivity index (χ3n) is 2.89. The SMILES string of the molecule is CSC1(CNCCCC(=O)O)CCC1. The Bertz CT molecular complexity index is 187. The molecule has 82 valence electrons.